The van der Waals surface area contributed by atoms with Crippen molar-refractivity contribution in [2.75, 3.05) is 4.90 Å². The van der Waals surface area contributed by atoms with E-state index in [1.165, 1.54) is 33.0 Å². The Morgan fingerprint density at radius 2 is 0.719 bits per heavy atom. The van der Waals surface area contributed by atoms with Gasteiger partial charge >= 0.3 is 0 Å². The van der Waals surface area contributed by atoms with Gasteiger partial charge in [0.2, 0.25) is 0 Å². The van der Waals surface area contributed by atoms with Gasteiger partial charge in [0.1, 0.15) is 5.69 Å². The Morgan fingerprint density at radius 1 is 0.297 bits per heavy atom. The fraction of sp³-hybridized carbons (Fsp3) is 0. The summed E-state index contributed by atoms with van der Waals surface area (Å²) in [5, 5.41) is 7.87. The Bertz CT molecular complexity index is 3300. The SMILES string of the molecule is c1ccc(-c2nn(-c3ccc(-c4ccccc4-c4ccccc4-c4ccc(N(c5ccccc5)c5ccccc5)cc4)cc3)c(-c3ccccc3)c2-c2ccc3ccccc3c2)cc1. The van der Waals surface area contributed by atoms with Gasteiger partial charge in [-0.25, -0.2) is 4.68 Å². The lowest BCUT2D eigenvalue weighted by atomic mass is 9.89. The Kier molecular flexibility index (Phi) is 10.3. The van der Waals surface area contributed by atoms with Crippen LogP contribution >= 0.6 is 0 Å². The molecule has 0 aliphatic rings. The minimum absolute atomic E-state index is 0.946. The minimum Gasteiger partial charge on any atom is -0.311 e. The smallest absolute Gasteiger partial charge is 0.101 e. The molecule has 3 heteroatoms. The van der Waals surface area contributed by atoms with Gasteiger partial charge in [-0.2, -0.15) is 5.10 Å². The van der Waals surface area contributed by atoms with E-state index in [4.69, 9.17) is 5.10 Å². The van der Waals surface area contributed by atoms with Crippen molar-refractivity contribution in [3.8, 4) is 72.7 Å². The first-order chi connectivity index (χ1) is 31.8. The number of benzene rings is 10. The first kappa shape index (κ1) is 38.4. The highest BCUT2D eigenvalue weighted by Gasteiger charge is 2.24. The van der Waals surface area contributed by atoms with E-state index < -0.39 is 0 Å². The van der Waals surface area contributed by atoms with Crippen LogP contribution < -0.4 is 4.90 Å². The highest BCUT2D eigenvalue weighted by molar-refractivity contribution is 5.97. The molecule has 11 aromatic rings. The Morgan fingerprint density at radius 3 is 1.28 bits per heavy atom. The van der Waals surface area contributed by atoms with Gasteiger partial charge in [-0.3, -0.25) is 0 Å². The molecule has 0 aliphatic carbocycles. The second kappa shape index (κ2) is 17.1. The zero-order valence-electron chi connectivity index (χ0n) is 35.2. The van der Waals surface area contributed by atoms with Crippen LogP contribution in [0, 0.1) is 0 Å². The second-order valence-corrected chi connectivity index (χ2v) is 16.0. The lowest BCUT2D eigenvalue weighted by molar-refractivity contribution is 0.892. The summed E-state index contributed by atoms with van der Waals surface area (Å²) in [4.78, 5) is 2.30. The minimum atomic E-state index is 0.946. The monoisotopic (exact) mass is 817 g/mol. The van der Waals surface area contributed by atoms with Gasteiger partial charge in [-0.1, -0.05) is 206 Å². The third-order valence-electron chi connectivity index (χ3n) is 12.1. The largest absolute Gasteiger partial charge is 0.311 e. The third-order valence-corrected chi connectivity index (χ3v) is 12.1. The van der Waals surface area contributed by atoms with Gasteiger partial charge in [-0.15, -0.1) is 0 Å². The summed E-state index contributed by atoms with van der Waals surface area (Å²) in [7, 11) is 0. The first-order valence-electron chi connectivity index (χ1n) is 21.8. The number of para-hydroxylation sites is 2. The van der Waals surface area contributed by atoms with Crippen LogP contribution in [0.15, 0.2) is 261 Å². The van der Waals surface area contributed by atoms with E-state index in [0.29, 0.717) is 0 Å². The summed E-state index contributed by atoms with van der Waals surface area (Å²) in [6, 6.07) is 92.9. The Hall–Kier alpha value is -8.53. The molecule has 0 amide bonds. The molecule has 10 aromatic carbocycles. The Labute approximate surface area is 374 Å². The highest BCUT2D eigenvalue weighted by atomic mass is 15.3. The number of hydrogen-bond acceptors (Lipinski definition) is 2. The van der Waals surface area contributed by atoms with Crippen molar-refractivity contribution in [2.45, 2.75) is 0 Å². The van der Waals surface area contributed by atoms with Gasteiger partial charge < -0.3 is 4.90 Å². The average Bonchev–Trinajstić information content (AvgIpc) is 3.79. The molecule has 64 heavy (non-hydrogen) atoms. The van der Waals surface area contributed by atoms with Crippen LogP contribution in [0.1, 0.15) is 0 Å². The number of anilines is 3. The molecule has 0 spiro atoms. The molecule has 0 N–H and O–H groups in total. The molecule has 11 rings (SSSR count). The van der Waals surface area contributed by atoms with Crippen LogP contribution in [0.4, 0.5) is 17.1 Å². The molecule has 0 fully saturated rings. The topological polar surface area (TPSA) is 21.1 Å². The molecule has 0 bridgehead atoms. The van der Waals surface area contributed by atoms with E-state index >= 15 is 0 Å². The van der Waals surface area contributed by atoms with E-state index in [-0.39, 0.29) is 0 Å². The maximum absolute atomic E-state index is 5.46. The van der Waals surface area contributed by atoms with E-state index in [9.17, 15) is 0 Å². The fourth-order valence-corrected chi connectivity index (χ4v) is 9.00. The standard InChI is InChI=1S/C61H43N3/c1-5-20-47(21-6-1)60-59(50-34-33-44-19-13-14-24-49(44)43-50)61(48-22-7-2-8-23-48)64(62-60)54-41-37-46(38-42-54)56-30-16-18-32-58(56)57-31-17-15-29-55(57)45-35-39-53(40-36-45)63(51-25-9-3-10-26-51)52-27-11-4-12-28-52/h1-43H. The summed E-state index contributed by atoms with van der Waals surface area (Å²) >= 11 is 0. The average molecular weight is 818 g/mol. The van der Waals surface area contributed by atoms with Gasteiger partial charge in [0.15, 0.2) is 0 Å². The van der Waals surface area contributed by atoms with Crippen LogP contribution in [-0.2, 0) is 0 Å². The summed E-state index contributed by atoms with van der Waals surface area (Å²) in [5.74, 6) is 0. The van der Waals surface area contributed by atoms with Crippen molar-refractivity contribution >= 4 is 27.8 Å². The molecular formula is C61H43N3. The van der Waals surface area contributed by atoms with Gasteiger partial charge in [0, 0.05) is 33.8 Å². The van der Waals surface area contributed by atoms with Crippen molar-refractivity contribution in [3.05, 3.63) is 261 Å². The molecule has 0 saturated carbocycles. The van der Waals surface area contributed by atoms with E-state index in [1.54, 1.807) is 0 Å². The molecule has 302 valence electrons. The maximum Gasteiger partial charge on any atom is 0.101 e. The zero-order valence-corrected chi connectivity index (χ0v) is 35.2. The summed E-state index contributed by atoms with van der Waals surface area (Å²) < 4.78 is 2.13. The summed E-state index contributed by atoms with van der Waals surface area (Å²) in [5.41, 5.74) is 17.8. The van der Waals surface area contributed by atoms with Crippen LogP contribution in [0.3, 0.4) is 0 Å². The molecule has 0 unspecified atom stereocenters. The van der Waals surface area contributed by atoms with Crippen molar-refractivity contribution in [2.24, 2.45) is 0 Å². The molecule has 1 aromatic heterocycles. The van der Waals surface area contributed by atoms with Crippen LogP contribution in [-0.4, -0.2) is 9.78 Å². The molecular weight excluding hydrogens is 775 g/mol. The van der Waals surface area contributed by atoms with Crippen LogP contribution in [0.2, 0.25) is 0 Å². The van der Waals surface area contributed by atoms with E-state index in [0.717, 1.165) is 67.5 Å². The lowest BCUT2D eigenvalue weighted by Crippen LogP contribution is -2.09. The summed E-state index contributed by atoms with van der Waals surface area (Å²) in [6.07, 6.45) is 0. The molecule has 0 saturated heterocycles. The highest BCUT2D eigenvalue weighted by Crippen LogP contribution is 2.44. The third kappa shape index (κ3) is 7.36. The van der Waals surface area contributed by atoms with Crippen molar-refractivity contribution in [3.63, 3.8) is 0 Å². The predicted molar refractivity (Wildman–Crippen MR) is 268 cm³/mol. The normalized spacial score (nSPS) is 11.1. The van der Waals surface area contributed by atoms with Crippen LogP contribution in [0.25, 0.3) is 83.5 Å². The number of fused-ring (bicyclic) bond motifs is 1. The molecule has 1 heterocycles. The first-order valence-corrected chi connectivity index (χ1v) is 21.8. The molecule has 0 radical (unpaired) electrons. The predicted octanol–water partition coefficient (Wildman–Crippen LogP) is 16.5. The van der Waals surface area contributed by atoms with Crippen molar-refractivity contribution in [1.82, 2.24) is 9.78 Å². The van der Waals surface area contributed by atoms with Crippen molar-refractivity contribution < 1.29 is 0 Å². The number of nitrogens with zero attached hydrogens (tertiary/aromatic N) is 3. The van der Waals surface area contributed by atoms with E-state index in [2.05, 4.69) is 270 Å². The lowest BCUT2D eigenvalue weighted by Gasteiger charge is -2.25. The van der Waals surface area contributed by atoms with Gasteiger partial charge in [-0.05, 0) is 104 Å². The number of rotatable bonds is 10. The zero-order chi connectivity index (χ0) is 42.7. The molecule has 3 nitrogen and oxygen atoms in total. The fourth-order valence-electron chi connectivity index (χ4n) is 9.00. The Balaban J connectivity index is 0.988. The number of hydrogen-bond donors (Lipinski definition) is 0. The van der Waals surface area contributed by atoms with Crippen molar-refractivity contribution in [1.29, 1.82) is 0 Å². The van der Waals surface area contributed by atoms with E-state index in [1.807, 2.05) is 0 Å². The second-order valence-electron chi connectivity index (χ2n) is 16.0. The van der Waals surface area contributed by atoms with Gasteiger partial charge in [0.25, 0.3) is 0 Å². The number of aromatic nitrogens is 2. The quantitative estimate of drug-likeness (QED) is 0.137. The van der Waals surface area contributed by atoms with Gasteiger partial charge in [0.05, 0.1) is 11.4 Å². The molecule has 0 atom stereocenters. The summed E-state index contributed by atoms with van der Waals surface area (Å²) in [6.45, 7) is 0. The molecule has 0 aliphatic heterocycles. The van der Waals surface area contributed by atoms with Crippen LogP contribution in [0.5, 0.6) is 0 Å². The maximum atomic E-state index is 5.46.